The van der Waals surface area contributed by atoms with E-state index in [1.165, 1.54) is 12.7 Å². The molecule has 1 amide bonds. The molecule has 1 fully saturated rings. The number of piperidine rings is 1. The Morgan fingerprint density at radius 3 is 2.83 bits per heavy atom. The maximum atomic E-state index is 11.6. The highest BCUT2D eigenvalue weighted by Crippen LogP contribution is 2.22. The molecule has 29 heavy (non-hydrogen) atoms. The first-order chi connectivity index (χ1) is 13.6. The number of H-pyrrole nitrogens is 1. The summed E-state index contributed by atoms with van der Waals surface area (Å²) < 4.78 is 4.79. The molecule has 1 aromatic heterocycles. The number of aromatic nitrogens is 1. The molecule has 7 nitrogen and oxygen atoms in total. The summed E-state index contributed by atoms with van der Waals surface area (Å²) in [6.07, 6.45) is 4.36. The van der Waals surface area contributed by atoms with E-state index < -0.39 is 0 Å². The first-order valence-corrected chi connectivity index (χ1v) is 10.1. The van der Waals surface area contributed by atoms with Gasteiger partial charge in [0.1, 0.15) is 0 Å². The van der Waals surface area contributed by atoms with Gasteiger partial charge in [-0.15, -0.1) is 24.0 Å². The number of aliphatic imine (C=N–C) groups is 1. The second kappa shape index (κ2) is 11.5. The topological polar surface area (TPSA) is 81.8 Å². The van der Waals surface area contributed by atoms with Crippen molar-refractivity contribution in [2.75, 3.05) is 33.3 Å². The van der Waals surface area contributed by atoms with Gasteiger partial charge in [0.25, 0.3) is 0 Å². The molecule has 0 aliphatic carbocycles. The lowest BCUT2D eigenvalue weighted by atomic mass is 10.1. The number of nitrogens with one attached hydrogen (secondary N) is 3. The number of carbonyl (C=O) groups excluding carboxylic acids is 1. The lowest BCUT2D eigenvalue weighted by molar-refractivity contribution is 0.111. The summed E-state index contributed by atoms with van der Waals surface area (Å²) in [6.45, 7) is 4.92. The Hall–Kier alpha value is -1.68. The van der Waals surface area contributed by atoms with Crippen molar-refractivity contribution in [1.82, 2.24) is 20.5 Å². The third-order valence-corrected chi connectivity index (χ3v) is 5.23. The number of halogens is 2. The lowest BCUT2D eigenvalue weighted by Gasteiger charge is -2.32. The number of rotatable bonds is 5. The molecule has 1 aliphatic rings. The van der Waals surface area contributed by atoms with Crippen molar-refractivity contribution < 1.29 is 9.53 Å². The van der Waals surface area contributed by atoms with Crippen LogP contribution < -0.4 is 10.6 Å². The van der Waals surface area contributed by atoms with Crippen LogP contribution in [0.3, 0.4) is 0 Å². The number of carbonyl (C=O) groups is 1. The van der Waals surface area contributed by atoms with Gasteiger partial charge in [-0.25, -0.2) is 4.79 Å². The lowest BCUT2D eigenvalue weighted by Crippen LogP contribution is -2.49. The van der Waals surface area contributed by atoms with Crippen LogP contribution in [0.5, 0.6) is 0 Å². The van der Waals surface area contributed by atoms with E-state index in [1.54, 1.807) is 4.90 Å². The van der Waals surface area contributed by atoms with Crippen molar-refractivity contribution in [3.05, 3.63) is 35.0 Å². The van der Waals surface area contributed by atoms with Crippen LogP contribution in [-0.2, 0) is 11.2 Å². The summed E-state index contributed by atoms with van der Waals surface area (Å²) in [7, 11) is 1.42. The molecule has 3 N–H and O–H groups in total. The molecule has 0 saturated carbocycles. The summed E-state index contributed by atoms with van der Waals surface area (Å²) >= 11 is 6.13. The fourth-order valence-corrected chi connectivity index (χ4v) is 3.67. The summed E-state index contributed by atoms with van der Waals surface area (Å²) in [5.74, 6) is 0.817. The van der Waals surface area contributed by atoms with Gasteiger partial charge < -0.3 is 25.3 Å². The molecule has 9 heteroatoms. The number of aromatic amines is 1. The molecular weight excluding hydrogens is 505 g/mol. The molecule has 2 aromatic rings. The van der Waals surface area contributed by atoms with Gasteiger partial charge in [-0.05, 0) is 49.9 Å². The molecule has 0 atom stereocenters. The Morgan fingerprint density at radius 1 is 1.38 bits per heavy atom. The van der Waals surface area contributed by atoms with Crippen molar-refractivity contribution in [3.63, 3.8) is 0 Å². The Balaban J connectivity index is 0.00000300. The van der Waals surface area contributed by atoms with Gasteiger partial charge in [0.2, 0.25) is 0 Å². The number of amides is 1. The largest absolute Gasteiger partial charge is 0.453 e. The smallest absolute Gasteiger partial charge is 0.409 e. The standard InChI is InChI=1S/C20H28ClN5O2.HI/c1-3-22-19(25-16-7-10-26(11-8-16)20(27)28-2)23-9-6-14-13-24-18-5-4-15(21)12-17(14)18;/h4-5,12-13,16,24H,3,6-11H2,1-2H3,(H2,22,23,25);1H. The average molecular weight is 534 g/mol. The highest BCUT2D eigenvalue weighted by molar-refractivity contribution is 14.0. The van der Waals surface area contributed by atoms with Gasteiger partial charge in [0.15, 0.2) is 5.96 Å². The highest BCUT2D eigenvalue weighted by atomic mass is 127. The number of nitrogens with zero attached hydrogens (tertiary/aromatic N) is 2. The predicted molar refractivity (Wildman–Crippen MR) is 129 cm³/mol. The van der Waals surface area contributed by atoms with Crippen LogP contribution >= 0.6 is 35.6 Å². The Bertz CT molecular complexity index is 833. The third kappa shape index (κ3) is 6.40. The second-order valence-electron chi connectivity index (χ2n) is 6.89. The van der Waals surface area contributed by atoms with E-state index in [1.807, 2.05) is 24.4 Å². The van der Waals surface area contributed by atoms with E-state index >= 15 is 0 Å². The zero-order valence-corrected chi connectivity index (χ0v) is 19.9. The first-order valence-electron chi connectivity index (χ1n) is 9.74. The highest BCUT2D eigenvalue weighted by Gasteiger charge is 2.23. The molecule has 0 radical (unpaired) electrons. The number of hydrogen-bond acceptors (Lipinski definition) is 3. The van der Waals surface area contributed by atoms with E-state index in [4.69, 9.17) is 21.3 Å². The van der Waals surface area contributed by atoms with Crippen molar-refractivity contribution in [3.8, 4) is 0 Å². The summed E-state index contributed by atoms with van der Waals surface area (Å²) in [5.41, 5.74) is 2.30. The number of guanidine groups is 1. The minimum atomic E-state index is -0.252. The van der Waals surface area contributed by atoms with Gasteiger partial charge >= 0.3 is 6.09 Å². The minimum Gasteiger partial charge on any atom is -0.453 e. The summed E-state index contributed by atoms with van der Waals surface area (Å²) in [4.78, 5) is 21.3. The maximum Gasteiger partial charge on any atom is 0.409 e. The van der Waals surface area contributed by atoms with E-state index in [9.17, 15) is 4.79 Å². The van der Waals surface area contributed by atoms with Crippen LogP contribution in [0.4, 0.5) is 4.79 Å². The molecule has 1 aromatic carbocycles. The van der Waals surface area contributed by atoms with Crippen LogP contribution in [0.15, 0.2) is 29.4 Å². The van der Waals surface area contributed by atoms with E-state index in [-0.39, 0.29) is 30.1 Å². The van der Waals surface area contributed by atoms with E-state index in [0.29, 0.717) is 25.7 Å². The first kappa shape index (κ1) is 23.6. The average Bonchev–Trinajstić information content (AvgIpc) is 3.10. The number of likely N-dealkylation sites (tertiary alicyclic amines) is 1. The second-order valence-corrected chi connectivity index (χ2v) is 7.33. The molecule has 0 bridgehead atoms. The van der Waals surface area contributed by atoms with Gasteiger partial charge in [-0.1, -0.05) is 11.6 Å². The van der Waals surface area contributed by atoms with Crippen molar-refractivity contribution in [1.29, 1.82) is 0 Å². The minimum absolute atomic E-state index is 0. The van der Waals surface area contributed by atoms with E-state index in [2.05, 4.69) is 22.5 Å². The quantitative estimate of drug-likeness (QED) is 0.311. The zero-order valence-electron chi connectivity index (χ0n) is 16.8. The van der Waals surface area contributed by atoms with Gasteiger partial charge in [0, 0.05) is 54.3 Å². The van der Waals surface area contributed by atoms with Crippen LogP contribution in [0, 0.1) is 0 Å². The predicted octanol–water partition coefficient (Wildman–Crippen LogP) is 3.77. The monoisotopic (exact) mass is 533 g/mol. The molecule has 160 valence electrons. The van der Waals surface area contributed by atoms with Crippen molar-refractivity contribution >= 4 is 58.5 Å². The fraction of sp³-hybridized carbons (Fsp3) is 0.500. The summed E-state index contributed by atoms with van der Waals surface area (Å²) in [6, 6.07) is 6.17. The Morgan fingerprint density at radius 2 is 2.14 bits per heavy atom. The molecule has 3 rings (SSSR count). The number of ether oxygens (including phenoxy) is 1. The number of methoxy groups -OCH3 is 1. The van der Waals surface area contributed by atoms with Gasteiger partial charge in [-0.3, -0.25) is 4.99 Å². The number of hydrogen-bond donors (Lipinski definition) is 3. The van der Waals surface area contributed by atoms with Crippen molar-refractivity contribution in [2.24, 2.45) is 4.99 Å². The maximum absolute atomic E-state index is 11.6. The molecule has 2 heterocycles. The Kier molecular flexibility index (Phi) is 9.35. The molecule has 1 aliphatic heterocycles. The van der Waals surface area contributed by atoms with Crippen LogP contribution in [0.1, 0.15) is 25.3 Å². The fourth-order valence-electron chi connectivity index (χ4n) is 3.49. The van der Waals surface area contributed by atoms with Crippen molar-refractivity contribution in [2.45, 2.75) is 32.2 Å². The summed E-state index contributed by atoms with van der Waals surface area (Å²) in [5, 5.41) is 8.69. The zero-order chi connectivity index (χ0) is 19.9. The number of benzene rings is 1. The SMILES string of the molecule is CCNC(=NCCc1c[nH]c2ccc(Cl)cc12)NC1CCN(C(=O)OC)CC1.I. The Labute approximate surface area is 193 Å². The molecule has 1 saturated heterocycles. The van der Waals surface area contributed by atoms with E-state index in [0.717, 1.165) is 47.7 Å². The molecule has 0 unspecified atom stereocenters. The van der Waals surface area contributed by atoms with Crippen LogP contribution in [0.25, 0.3) is 10.9 Å². The van der Waals surface area contributed by atoms with Crippen LogP contribution in [-0.4, -0.2) is 61.3 Å². The van der Waals surface area contributed by atoms with Gasteiger partial charge in [0.05, 0.1) is 7.11 Å². The molecular formula is C20H29ClIN5O2. The third-order valence-electron chi connectivity index (χ3n) is 4.99. The van der Waals surface area contributed by atoms with Crippen LogP contribution in [0.2, 0.25) is 5.02 Å². The van der Waals surface area contributed by atoms with Gasteiger partial charge in [-0.2, -0.15) is 0 Å². The number of fused-ring (bicyclic) bond motifs is 1. The molecule has 0 spiro atoms. The normalized spacial score (nSPS) is 15.1.